The Morgan fingerprint density at radius 3 is 2.33 bits per heavy atom. The van der Waals surface area contributed by atoms with Crippen molar-refractivity contribution in [1.82, 2.24) is 0 Å². The summed E-state index contributed by atoms with van der Waals surface area (Å²) in [5.41, 5.74) is 0.347. The van der Waals surface area contributed by atoms with E-state index in [0.717, 1.165) is 0 Å². The van der Waals surface area contributed by atoms with Crippen LogP contribution in [0.1, 0.15) is 11.7 Å². The van der Waals surface area contributed by atoms with Gasteiger partial charge in [0.15, 0.2) is 0 Å². The van der Waals surface area contributed by atoms with Crippen molar-refractivity contribution < 1.29 is 20.0 Å². The topological polar surface area (TPSA) is 66.4 Å². The molecule has 0 saturated heterocycles. The average molecular weight is 167 g/mol. The van der Waals surface area contributed by atoms with Crippen LogP contribution in [0.2, 0.25) is 0 Å². The third-order valence-corrected chi connectivity index (χ3v) is 1.42. The summed E-state index contributed by atoms with van der Waals surface area (Å²) in [7, 11) is 0. The second-order valence-corrected chi connectivity index (χ2v) is 2.23. The first kappa shape index (κ1) is 8.70. The van der Waals surface area contributed by atoms with Crippen LogP contribution in [0.4, 0.5) is 0 Å². The molecule has 0 aliphatic rings. The van der Waals surface area contributed by atoms with Crippen molar-refractivity contribution in [2.75, 3.05) is 0 Å². The molecule has 1 unspecified atom stereocenters. The van der Waals surface area contributed by atoms with Gasteiger partial charge >= 0.3 is 5.97 Å². The van der Waals surface area contributed by atoms with Crippen LogP contribution >= 0.6 is 0 Å². The summed E-state index contributed by atoms with van der Waals surface area (Å²) in [6, 6.07) is 8.06. The maximum atomic E-state index is 10.4. The number of carbonyl (C=O) groups is 1. The summed E-state index contributed by atoms with van der Waals surface area (Å²) in [5.74, 6) is -1.28. The van der Waals surface area contributed by atoms with E-state index in [0.29, 0.717) is 5.56 Å². The number of rotatable bonds is 3. The molecule has 0 aromatic heterocycles. The van der Waals surface area contributed by atoms with E-state index in [2.05, 4.69) is 4.89 Å². The molecule has 12 heavy (non-hydrogen) atoms. The number of hydrogen-bond donors (Lipinski definition) is 1. The number of carboxylic acid groups (broad SMARTS) is 1. The van der Waals surface area contributed by atoms with E-state index >= 15 is 0 Å². The van der Waals surface area contributed by atoms with Crippen molar-refractivity contribution >= 4 is 5.97 Å². The lowest BCUT2D eigenvalue weighted by atomic mass is 10.1. The molecule has 0 amide bonds. The standard InChI is InChI=1S/C8H7O4/c9-8(10)7(12-11)6-4-2-1-3-5-6/h1-5,7H,(H,9,10). The van der Waals surface area contributed by atoms with Gasteiger partial charge in [0.05, 0.1) is 0 Å². The zero-order chi connectivity index (χ0) is 8.97. The Bertz CT molecular complexity index is 257. The van der Waals surface area contributed by atoms with Gasteiger partial charge in [-0.2, -0.15) is 4.89 Å². The minimum atomic E-state index is -1.41. The van der Waals surface area contributed by atoms with Crippen molar-refractivity contribution in [3.05, 3.63) is 35.9 Å². The predicted octanol–water partition coefficient (Wildman–Crippen LogP) is 1.17. The molecule has 4 nitrogen and oxygen atoms in total. The predicted molar refractivity (Wildman–Crippen MR) is 38.6 cm³/mol. The van der Waals surface area contributed by atoms with Crippen molar-refractivity contribution in [1.29, 1.82) is 0 Å². The van der Waals surface area contributed by atoms with E-state index in [1.165, 1.54) is 12.1 Å². The van der Waals surface area contributed by atoms with Crippen LogP contribution in [0, 0.1) is 0 Å². The van der Waals surface area contributed by atoms with Crippen molar-refractivity contribution in [2.45, 2.75) is 6.10 Å². The zero-order valence-corrected chi connectivity index (χ0v) is 6.14. The van der Waals surface area contributed by atoms with Crippen LogP contribution in [0.15, 0.2) is 30.3 Å². The first-order chi connectivity index (χ1) is 5.75. The molecule has 1 radical (unpaired) electrons. The van der Waals surface area contributed by atoms with Crippen LogP contribution in [-0.4, -0.2) is 11.1 Å². The number of benzene rings is 1. The molecule has 0 aliphatic heterocycles. The maximum absolute atomic E-state index is 10.4. The fourth-order valence-electron chi connectivity index (χ4n) is 0.867. The lowest BCUT2D eigenvalue weighted by molar-refractivity contribution is -0.332. The van der Waals surface area contributed by atoms with Gasteiger partial charge in [0.1, 0.15) is 0 Å². The Morgan fingerprint density at radius 2 is 1.92 bits per heavy atom. The third-order valence-electron chi connectivity index (χ3n) is 1.42. The van der Waals surface area contributed by atoms with Crippen LogP contribution in [0.25, 0.3) is 0 Å². The molecule has 0 heterocycles. The molecule has 0 aliphatic carbocycles. The smallest absolute Gasteiger partial charge is 0.341 e. The molecule has 0 spiro atoms. The highest BCUT2D eigenvalue weighted by Crippen LogP contribution is 2.15. The molecule has 1 aromatic rings. The highest BCUT2D eigenvalue weighted by molar-refractivity contribution is 5.74. The zero-order valence-electron chi connectivity index (χ0n) is 6.14. The van der Waals surface area contributed by atoms with E-state index in [1.54, 1.807) is 18.2 Å². The normalized spacial score (nSPS) is 12.4. The van der Waals surface area contributed by atoms with E-state index in [-0.39, 0.29) is 0 Å². The first-order valence-corrected chi connectivity index (χ1v) is 3.32. The molecular weight excluding hydrogens is 160 g/mol. The summed E-state index contributed by atoms with van der Waals surface area (Å²) in [6.07, 6.45) is -1.41. The highest BCUT2D eigenvalue weighted by atomic mass is 17.1. The summed E-state index contributed by atoms with van der Waals surface area (Å²) in [5, 5.41) is 18.5. The van der Waals surface area contributed by atoms with E-state index in [4.69, 9.17) is 5.11 Å². The van der Waals surface area contributed by atoms with E-state index in [9.17, 15) is 10.1 Å². The molecule has 0 fully saturated rings. The summed E-state index contributed by atoms with van der Waals surface area (Å²) >= 11 is 0. The number of carboxylic acids is 1. The molecule has 1 atom stereocenters. The van der Waals surface area contributed by atoms with E-state index < -0.39 is 12.1 Å². The Balaban J connectivity index is 2.88. The van der Waals surface area contributed by atoms with Gasteiger partial charge in [0, 0.05) is 0 Å². The molecule has 0 saturated carbocycles. The van der Waals surface area contributed by atoms with Gasteiger partial charge in [0.2, 0.25) is 6.10 Å². The van der Waals surface area contributed by atoms with Crippen molar-refractivity contribution in [3.63, 3.8) is 0 Å². The van der Waals surface area contributed by atoms with Crippen LogP contribution in [-0.2, 0) is 14.9 Å². The van der Waals surface area contributed by atoms with Gasteiger partial charge < -0.3 is 5.11 Å². The van der Waals surface area contributed by atoms with Gasteiger partial charge in [-0.25, -0.2) is 4.79 Å². The monoisotopic (exact) mass is 167 g/mol. The molecule has 1 N–H and O–H groups in total. The summed E-state index contributed by atoms with van der Waals surface area (Å²) in [6.45, 7) is 0. The highest BCUT2D eigenvalue weighted by Gasteiger charge is 2.20. The van der Waals surface area contributed by atoms with Crippen LogP contribution in [0.5, 0.6) is 0 Å². The third kappa shape index (κ3) is 1.81. The lowest BCUT2D eigenvalue weighted by Gasteiger charge is -2.05. The number of aliphatic carboxylic acids is 1. The fourth-order valence-corrected chi connectivity index (χ4v) is 0.867. The Labute approximate surface area is 69.0 Å². The number of hydrogen-bond acceptors (Lipinski definition) is 2. The van der Waals surface area contributed by atoms with Crippen LogP contribution < -0.4 is 0 Å². The second-order valence-electron chi connectivity index (χ2n) is 2.23. The van der Waals surface area contributed by atoms with Crippen molar-refractivity contribution in [2.24, 2.45) is 0 Å². The summed E-state index contributed by atoms with van der Waals surface area (Å²) in [4.78, 5) is 14.0. The molecule has 1 aromatic carbocycles. The molecule has 1 rings (SSSR count). The second kappa shape index (κ2) is 3.85. The molecule has 63 valence electrons. The summed E-state index contributed by atoms with van der Waals surface area (Å²) < 4.78 is 0. The molecule has 4 heteroatoms. The SMILES string of the molecule is [O]OC(C(=O)O)c1ccccc1. The fraction of sp³-hybridized carbons (Fsp3) is 0.125. The van der Waals surface area contributed by atoms with Gasteiger partial charge in [-0.3, -0.25) is 0 Å². The van der Waals surface area contributed by atoms with Crippen molar-refractivity contribution in [3.8, 4) is 0 Å². The Hall–Kier alpha value is -1.39. The minimum Gasteiger partial charge on any atom is -0.479 e. The minimum absolute atomic E-state index is 0.347. The largest absolute Gasteiger partial charge is 0.479 e. The maximum Gasteiger partial charge on any atom is 0.341 e. The lowest BCUT2D eigenvalue weighted by Crippen LogP contribution is -2.12. The average Bonchev–Trinajstić information content (AvgIpc) is 2.07. The Morgan fingerprint density at radius 1 is 1.33 bits per heavy atom. The molecular formula is C8H7O4. The van der Waals surface area contributed by atoms with Crippen LogP contribution in [0.3, 0.4) is 0 Å². The Kier molecular flexibility index (Phi) is 2.79. The van der Waals surface area contributed by atoms with E-state index in [1.807, 2.05) is 0 Å². The molecule has 0 bridgehead atoms. The first-order valence-electron chi connectivity index (χ1n) is 3.32. The van der Waals surface area contributed by atoms with Gasteiger partial charge in [-0.1, -0.05) is 30.3 Å². The van der Waals surface area contributed by atoms with Gasteiger partial charge in [0.25, 0.3) is 0 Å². The quantitative estimate of drug-likeness (QED) is 0.542. The van der Waals surface area contributed by atoms with Gasteiger partial charge in [-0.15, -0.1) is 0 Å². The van der Waals surface area contributed by atoms with Gasteiger partial charge in [-0.05, 0) is 10.8 Å².